The molecule has 0 fully saturated rings. The molecule has 4 nitrogen and oxygen atoms in total. The van der Waals surface area contributed by atoms with Crippen LogP contribution in [0.2, 0.25) is 5.02 Å². The molecule has 0 radical (unpaired) electrons. The summed E-state index contributed by atoms with van der Waals surface area (Å²) < 4.78 is 23.1. The van der Waals surface area contributed by atoms with Crippen molar-refractivity contribution >= 4 is 25.0 Å². The van der Waals surface area contributed by atoms with Crippen LogP contribution in [0.25, 0.3) is 0 Å². The van der Waals surface area contributed by atoms with E-state index in [1.54, 1.807) is 62.4 Å². The van der Waals surface area contributed by atoms with Crippen molar-refractivity contribution in [2.75, 3.05) is 13.2 Å². The molecule has 0 aromatic heterocycles. The van der Waals surface area contributed by atoms with Crippen LogP contribution in [-0.4, -0.2) is 19.0 Å². The summed E-state index contributed by atoms with van der Waals surface area (Å²) in [6, 6.07) is 13.7. The Morgan fingerprint density at radius 2 is 1.38 bits per heavy atom. The molecule has 0 bridgehead atoms. The smallest absolute Gasteiger partial charge is 0.309 e. The number of carbonyl (C=O) groups excluding carboxylic acids is 1. The van der Waals surface area contributed by atoms with Gasteiger partial charge in [0.2, 0.25) is 0 Å². The molecule has 0 aliphatic rings. The normalized spacial score (nSPS) is 11.5. The monoisotopic (exact) mass is 366 g/mol. The lowest BCUT2D eigenvalue weighted by Gasteiger charge is -2.17. The van der Waals surface area contributed by atoms with E-state index in [-0.39, 0.29) is 11.9 Å². The Hall–Kier alpha value is -1.45. The number of rotatable bonds is 8. The predicted molar refractivity (Wildman–Crippen MR) is 95.9 cm³/mol. The van der Waals surface area contributed by atoms with Crippen LogP contribution in [0.4, 0.5) is 0 Å². The molecule has 0 N–H and O–H groups in total. The quantitative estimate of drug-likeness (QED) is 0.467. The third kappa shape index (κ3) is 5.02. The standard InChI is InChI=1S/C18H20ClO4P/c1-3-22-24(21,23-4-2)13-14-5-7-15(8-6-14)18(20)16-9-11-17(19)12-10-16/h5-12H,3-4,13H2,1-2H3. The second-order valence-corrected chi connectivity index (χ2v) is 7.63. The van der Waals surface area contributed by atoms with Gasteiger partial charge in [-0.05, 0) is 43.7 Å². The average molecular weight is 367 g/mol. The van der Waals surface area contributed by atoms with Gasteiger partial charge in [-0.15, -0.1) is 0 Å². The van der Waals surface area contributed by atoms with Crippen LogP contribution in [0.5, 0.6) is 0 Å². The van der Waals surface area contributed by atoms with Crippen LogP contribution in [0.15, 0.2) is 48.5 Å². The van der Waals surface area contributed by atoms with E-state index in [4.69, 9.17) is 20.6 Å². The fraction of sp³-hybridized carbons (Fsp3) is 0.278. The first-order chi connectivity index (χ1) is 11.5. The highest BCUT2D eigenvalue weighted by Crippen LogP contribution is 2.51. The molecule has 2 aromatic carbocycles. The number of halogens is 1. The molecule has 24 heavy (non-hydrogen) atoms. The fourth-order valence-corrected chi connectivity index (χ4v) is 4.10. The molecule has 0 aliphatic carbocycles. The SMILES string of the molecule is CCOP(=O)(Cc1ccc(C(=O)c2ccc(Cl)cc2)cc1)OCC. The van der Waals surface area contributed by atoms with E-state index in [1.165, 1.54) is 0 Å². The number of hydrogen-bond acceptors (Lipinski definition) is 4. The Balaban J connectivity index is 2.13. The van der Waals surface area contributed by atoms with E-state index in [2.05, 4.69) is 0 Å². The maximum absolute atomic E-state index is 12.5. The van der Waals surface area contributed by atoms with Gasteiger partial charge in [-0.1, -0.05) is 35.9 Å². The number of carbonyl (C=O) groups is 1. The highest BCUT2D eigenvalue weighted by molar-refractivity contribution is 7.53. The summed E-state index contributed by atoms with van der Waals surface area (Å²) in [4.78, 5) is 12.4. The van der Waals surface area contributed by atoms with E-state index < -0.39 is 7.60 Å². The predicted octanol–water partition coefficient (Wildman–Crippen LogP) is 5.34. The maximum atomic E-state index is 12.5. The highest BCUT2D eigenvalue weighted by Gasteiger charge is 2.24. The van der Waals surface area contributed by atoms with E-state index in [0.29, 0.717) is 29.4 Å². The van der Waals surface area contributed by atoms with Crippen molar-refractivity contribution in [3.05, 3.63) is 70.2 Å². The molecule has 2 aromatic rings. The first kappa shape index (κ1) is 18.9. The lowest BCUT2D eigenvalue weighted by molar-refractivity contribution is 0.103. The Morgan fingerprint density at radius 1 is 0.917 bits per heavy atom. The molecular weight excluding hydrogens is 347 g/mol. The molecule has 0 atom stereocenters. The van der Waals surface area contributed by atoms with E-state index >= 15 is 0 Å². The van der Waals surface area contributed by atoms with Crippen molar-refractivity contribution in [1.29, 1.82) is 0 Å². The van der Waals surface area contributed by atoms with E-state index in [0.717, 1.165) is 5.56 Å². The van der Waals surface area contributed by atoms with Gasteiger partial charge in [0, 0.05) is 16.1 Å². The van der Waals surface area contributed by atoms with Crippen LogP contribution in [-0.2, 0) is 19.8 Å². The minimum Gasteiger partial charge on any atom is -0.309 e. The van der Waals surface area contributed by atoms with Crippen molar-refractivity contribution in [2.24, 2.45) is 0 Å². The van der Waals surface area contributed by atoms with Crippen LogP contribution in [0.1, 0.15) is 35.3 Å². The summed E-state index contributed by atoms with van der Waals surface area (Å²) in [7, 11) is -3.14. The van der Waals surface area contributed by atoms with Crippen molar-refractivity contribution in [3.8, 4) is 0 Å². The average Bonchev–Trinajstić information content (AvgIpc) is 2.56. The van der Waals surface area contributed by atoms with Crippen LogP contribution in [0.3, 0.4) is 0 Å². The van der Waals surface area contributed by atoms with E-state index in [1.807, 2.05) is 0 Å². The Labute approximate surface area is 147 Å². The van der Waals surface area contributed by atoms with Gasteiger partial charge in [-0.25, -0.2) is 0 Å². The van der Waals surface area contributed by atoms with Crippen molar-refractivity contribution < 1.29 is 18.4 Å². The number of hydrogen-bond donors (Lipinski definition) is 0. The molecule has 0 spiro atoms. The van der Waals surface area contributed by atoms with Gasteiger partial charge in [-0.3, -0.25) is 9.36 Å². The Bertz CT molecular complexity index is 716. The Morgan fingerprint density at radius 3 is 1.83 bits per heavy atom. The minimum atomic E-state index is -3.14. The summed E-state index contributed by atoms with van der Waals surface area (Å²) >= 11 is 5.83. The molecule has 0 saturated carbocycles. The third-order valence-corrected chi connectivity index (χ3v) is 5.66. The zero-order valence-electron chi connectivity index (χ0n) is 13.7. The van der Waals surface area contributed by atoms with Gasteiger partial charge >= 0.3 is 7.60 Å². The summed E-state index contributed by atoms with van der Waals surface area (Å²) in [5, 5.41) is 0.587. The molecule has 0 unspecified atom stereocenters. The molecule has 2 rings (SSSR count). The van der Waals surface area contributed by atoms with Gasteiger partial charge in [0.1, 0.15) is 0 Å². The molecule has 6 heteroatoms. The molecule has 128 valence electrons. The van der Waals surface area contributed by atoms with Crippen molar-refractivity contribution in [2.45, 2.75) is 20.0 Å². The lowest BCUT2D eigenvalue weighted by Crippen LogP contribution is -2.02. The van der Waals surface area contributed by atoms with Crippen LogP contribution >= 0.6 is 19.2 Å². The maximum Gasteiger partial charge on any atom is 0.335 e. The second kappa shape index (κ2) is 8.59. The molecule has 0 aliphatic heterocycles. The van der Waals surface area contributed by atoms with Gasteiger partial charge in [-0.2, -0.15) is 0 Å². The largest absolute Gasteiger partial charge is 0.335 e. The summed E-state index contributed by atoms with van der Waals surface area (Å²) in [5.74, 6) is -0.0870. The van der Waals surface area contributed by atoms with Gasteiger partial charge < -0.3 is 9.05 Å². The molecule has 0 heterocycles. The summed E-state index contributed by atoms with van der Waals surface area (Å²) in [6.07, 6.45) is 0.185. The second-order valence-electron chi connectivity index (χ2n) is 5.14. The first-order valence-electron chi connectivity index (χ1n) is 7.74. The van der Waals surface area contributed by atoms with Crippen LogP contribution < -0.4 is 0 Å². The summed E-state index contributed by atoms with van der Waals surface area (Å²) in [5.41, 5.74) is 1.93. The molecular formula is C18H20ClO4P. The lowest BCUT2D eigenvalue weighted by atomic mass is 10.0. The molecule has 0 amide bonds. The number of ketones is 1. The van der Waals surface area contributed by atoms with Gasteiger partial charge in [0.15, 0.2) is 5.78 Å². The van der Waals surface area contributed by atoms with Gasteiger partial charge in [0.25, 0.3) is 0 Å². The zero-order valence-corrected chi connectivity index (χ0v) is 15.3. The number of benzene rings is 2. The van der Waals surface area contributed by atoms with Crippen molar-refractivity contribution in [1.82, 2.24) is 0 Å². The minimum absolute atomic E-state index is 0.0870. The van der Waals surface area contributed by atoms with Crippen LogP contribution in [0, 0.1) is 0 Å². The Kier molecular flexibility index (Phi) is 6.76. The summed E-state index contributed by atoms with van der Waals surface area (Å²) in [6.45, 7) is 4.20. The highest BCUT2D eigenvalue weighted by atomic mass is 35.5. The topological polar surface area (TPSA) is 52.6 Å². The van der Waals surface area contributed by atoms with E-state index in [9.17, 15) is 9.36 Å². The van der Waals surface area contributed by atoms with Crippen molar-refractivity contribution in [3.63, 3.8) is 0 Å². The fourth-order valence-electron chi connectivity index (χ4n) is 2.28. The van der Waals surface area contributed by atoms with Gasteiger partial charge in [0.05, 0.1) is 19.4 Å². The zero-order chi connectivity index (χ0) is 17.6. The molecule has 0 saturated heterocycles. The first-order valence-corrected chi connectivity index (χ1v) is 9.85. The third-order valence-electron chi connectivity index (χ3n) is 3.35.